The molecule has 3 heterocycles. The smallest absolute Gasteiger partial charge is 0.317 e. The van der Waals surface area contributed by atoms with E-state index in [1.54, 1.807) is 0 Å². The molecule has 29 heavy (non-hydrogen) atoms. The SMILES string of the molecule is O=C(NCc1ccc2c(c1)OCCO2)N1CCC(c2nc3ccccc3o2)CC1. The van der Waals surface area contributed by atoms with Crippen LogP contribution >= 0.6 is 0 Å². The van der Waals surface area contributed by atoms with E-state index in [-0.39, 0.29) is 11.9 Å². The van der Waals surface area contributed by atoms with Crippen molar-refractivity contribution in [3.63, 3.8) is 0 Å². The van der Waals surface area contributed by atoms with Gasteiger partial charge in [-0.25, -0.2) is 9.78 Å². The Morgan fingerprint density at radius 2 is 1.86 bits per heavy atom. The fraction of sp³-hybridized carbons (Fsp3) is 0.364. The van der Waals surface area contributed by atoms with E-state index in [4.69, 9.17) is 13.9 Å². The number of likely N-dealkylation sites (tertiary alicyclic amines) is 1. The van der Waals surface area contributed by atoms with Gasteiger partial charge in [-0.15, -0.1) is 0 Å². The third kappa shape index (κ3) is 3.72. The first-order valence-corrected chi connectivity index (χ1v) is 10.0. The second-order valence-electron chi connectivity index (χ2n) is 7.42. The number of nitrogens with zero attached hydrogens (tertiary/aromatic N) is 2. The van der Waals surface area contributed by atoms with E-state index in [1.165, 1.54) is 0 Å². The molecule has 1 fully saturated rings. The minimum Gasteiger partial charge on any atom is -0.486 e. The van der Waals surface area contributed by atoms with Crippen molar-refractivity contribution in [1.29, 1.82) is 0 Å². The van der Waals surface area contributed by atoms with Gasteiger partial charge in [0.2, 0.25) is 0 Å². The van der Waals surface area contributed by atoms with Crippen LogP contribution in [0.4, 0.5) is 4.79 Å². The number of carbonyl (C=O) groups excluding carboxylic acids is 1. The van der Waals surface area contributed by atoms with Crippen molar-refractivity contribution >= 4 is 17.1 Å². The fourth-order valence-corrected chi connectivity index (χ4v) is 3.88. The summed E-state index contributed by atoms with van der Waals surface area (Å²) in [5, 5.41) is 3.00. The molecule has 0 bridgehead atoms. The number of piperidine rings is 1. The molecule has 2 aromatic carbocycles. The molecule has 1 saturated heterocycles. The molecular formula is C22H23N3O4. The number of aromatic nitrogens is 1. The third-order valence-corrected chi connectivity index (χ3v) is 5.49. The Labute approximate surface area is 168 Å². The summed E-state index contributed by atoms with van der Waals surface area (Å²) in [7, 11) is 0. The van der Waals surface area contributed by atoms with E-state index in [2.05, 4.69) is 10.3 Å². The minimum absolute atomic E-state index is 0.0455. The van der Waals surface area contributed by atoms with Crippen molar-refractivity contribution in [3.05, 3.63) is 53.9 Å². The first-order valence-electron chi connectivity index (χ1n) is 10.0. The minimum atomic E-state index is -0.0455. The number of fused-ring (bicyclic) bond motifs is 2. The molecule has 0 saturated carbocycles. The van der Waals surface area contributed by atoms with Gasteiger partial charge in [-0.2, -0.15) is 0 Å². The van der Waals surface area contributed by atoms with Crippen molar-refractivity contribution in [1.82, 2.24) is 15.2 Å². The first-order chi connectivity index (χ1) is 14.3. The lowest BCUT2D eigenvalue weighted by Crippen LogP contribution is -2.43. The Hall–Kier alpha value is -3.22. The van der Waals surface area contributed by atoms with Gasteiger partial charge in [0.1, 0.15) is 18.7 Å². The van der Waals surface area contributed by atoms with Crippen molar-refractivity contribution < 1.29 is 18.7 Å². The number of amides is 2. The number of para-hydroxylation sites is 2. The molecule has 0 unspecified atom stereocenters. The Balaban J connectivity index is 1.15. The van der Waals surface area contributed by atoms with Crippen LogP contribution in [0.15, 0.2) is 46.9 Å². The summed E-state index contributed by atoms with van der Waals surface area (Å²) in [5.41, 5.74) is 2.70. The van der Waals surface area contributed by atoms with Crippen LogP contribution in [0.25, 0.3) is 11.1 Å². The summed E-state index contributed by atoms with van der Waals surface area (Å²) in [6.45, 7) is 2.97. The number of hydrogen-bond acceptors (Lipinski definition) is 5. The summed E-state index contributed by atoms with van der Waals surface area (Å²) in [4.78, 5) is 19.0. The summed E-state index contributed by atoms with van der Waals surface area (Å²) < 4.78 is 17.0. The van der Waals surface area contributed by atoms with E-state index in [9.17, 15) is 4.79 Å². The molecule has 1 aromatic heterocycles. The number of ether oxygens (including phenoxy) is 2. The third-order valence-electron chi connectivity index (χ3n) is 5.49. The number of hydrogen-bond donors (Lipinski definition) is 1. The maximum Gasteiger partial charge on any atom is 0.317 e. The van der Waals surface area contributed by atoms with Crippen LogP contribution in [0, 0.1) is 0 Å². The lowest BCUT2D eigenvalue weighted by atomic mass is 9.97. The van der Waals surface area contributed by atoms with Crippen LogP contribution in [0.2, 0.25) is 0 Å². The van der Waals surface area contributed by atoms with Gasteiger partial charge < -0.3 is 24.1 Å². The molecule has 0 spiro atoms. The lowest BCUT2D eigenvalue weighted by molar-refractivity contribution is 0.171. The van der Waals surface area contributed by atoms with Gasteiger partial charge in [0, 0.05) is 25.6 Å². The Bertz CT molecular complexity index is 991. The zero-order valence-corrected chi connectivity index (χ0v) is 16.1. The highest BCUT2D eigenvalue weighted by Crippen LogP contribution is 2.31. The number of carbonyl (C=O) groups is 1. The largest absolute Gasteiger partial charge is 0.486 e. The molecule has 0 aliphatic carbocycles. The molecule has 1 N–H and O–H groups in total. The summed E-state index contributed by atoms with van der Waals surface area (Å²) in [6, 6.07) is 13.5. The maximum absolute atomic E-state index is 12.6. The van der Waals surface area contributed by atoms with Crippen molar-refractivity contribution in [2.45, 2.75) is 25.3 Å². The topological polar surface area (TPSA) is 76.8 Å². The quantitative estimate of drug-likeness (QED) is 0.734. The van der Waals surface area contributed by atoms with Gasteiger partial charge in [0.05, 0.1) is 0 Å². The van der Waals surface area contributed by atoms with E-state index in [0.717, 1.165) is 46.9 Å². The van der Waals surface area contributed by atoms with Crippen LogP contribution in [0.1, 0.15) is 30.2 Å². The highest BCUT2D eigenvalue weighted by Gasteiger charge is 2.27. The molecule has 150 valence electrons. The molecule has 0 radical (unpaired) electrons. The zero-order chi connectivity index (χ0) is 19.6. The average molecular weight is 393 g/mol. The summed E-state index contributed by atoms with van der Waals surface area (Å²) >= 11 is 0. The van der Waals surface area contributed by atoms with Gasteiger partial charge in [-0.3, -0.25) is 0 Å². The molecule has 2 aliphatic heterocycles. The standard InChI is InChI=1S/C22H23N3O4/c26-22(23-14-15-5-6-19-20(13-15)28-12-11-27-19)25-9-7-16(8-10-25)21-24-17-3-1-2-4-18(17)29-21/h1-6,13,16H,7-12,14H2,(H,23,26). The molecular weight excluding hydrogens is 370 g/mol. The van der Waals surface area contributed by atoms with Crippen molar-refractivity contribution in [2.24, 2.45) is 0 Å². The normalized spacial score (nSPS) is 16.8. The monoisotopic (exact) mass is 393 g/mol. The summed E-state index contributed by atoms with van der Waals surface area (Å²) in [5.74, 6) is 2.53. The van der Waals surface area contributed by atoms with Gasteiger partial charge in [-0.05, 0) is 42.7 Å². The highest BCUT2D eigenvalue weighted by molar-refractivity contribution is 5.74. The van der Waals surface area contributed by atoms with Crippen LogP contribution < -0.4 is 14.8 Å². The van der Waals surface area contributed by atoms with E-state index in [0.29, 0.717) is 32.8 Å². The van der Waals surface area contributed by atoms with Crippen LogP contribution in [-0.2, 0) is 6.54 Å². The number of benzene rings is 2. The second kappa shape index (κ2) is 7.66. The lowest BCUT2D eigenvalue weighted by Gasteiger charge is -2.30. The number of rotatable bonds is 3. The number of oxazole rings is 1. The molecule has 7 nitrogen and oxygen atoms in total. The van der Waals surface area contributed by atoms with Gasteiger partial charge in [0.15, 0.2) is 23.0 Å². The predicted octanol–water partition coefficient (Wildman–Crippen LogP) is 3.69. The van der Waals surface area contributed by atoms with Crippen LogP contribution in [0.3, 0.4) is 0 Å². The average Bonchev–Trinajstić information content (AvgIpc) is 3.22. The first kappa shape index (κ1) is 17.8. The summed E-state index contributed by atoms with van der Waals surface area (Å²) in [6.07, 6.45) is 1.70. The van der Waals surface area contributed by atoms with E-state index in [1.807, 2.05) is 47.4 Å². The zero-order valence-electron chi connectivity index (χ0n) is 16.1. The second-order valence-corrected chi connectivity index (χ2v) is 7.42. The molecule has 3 aromatic rings. The highest BCUT2D eigenvalue weighted by atomic mass is 16.6. The Kier molecular flexibility index (Phi) is 4.71. The van der Waals surface area contributed by atoms with Gasteiger partial charge >= 0.3 is 6.03 Å². The van der Waals surface area contributed by atoms with E-state index < -0.39 is 0 Å². The van der Waals surface area contributed by atoms with E-state index >= 15 is 0 Å². The van der Waals surface area contributed by atoms with Gasteiger partial charge in [0.25, 0.3) is 0 Å². The Morgan fingerprint density at radius 1 is 1.07 bits per heavy atom. The van der Waals surface area contributed by atoms with Gasteiger partial charge in [-0.1, -0.05) is 18.2 Å². The van der Waals surface area contributed by atoms with Crippen molar-refractivity contribution in [3.8, 4) is 11.5 Å². The molecule has 0 atom stereocenters. The van der Waals surface area contributed by atoms with Crippen molar-refractivity contribution in [2.75, 3.05) is 26.3 Å². The Morgan fingerprint density at radius 3 is 2.69 bits per heavy atom. The molecule has 7 heteroatoms. The molecule has 5 rings (SSSR count). The fourth-order valence-electron chi connectivity index (χ4n) is 3.88. The van der Waals surface area contributed by atoms with Crippen LogP contribution in [-0.4, -0.2) is 42.2 Å². The van der Waals surface area contributed by atoms with Crippen LogP contribution in [0.5, 0.6) is 11.5 Å². The maximum atomic E-state index is 12.6. The predicted molar refractivity (Wildman–Crippen MR) is 107 cm³/mol. The number of urea groups is 1. The number of nitrogens with one attached hydrogen (secondary N) is 1. The molecule has 2 aliphatic rings. The molecule has 2 amide bonds.